The van der Waals surface area contributed by atoms with Crippen LogP contribution >= 0.6 is 23.2 Å². The van der Waals surface area contributed by atoms with Gasteiger partial charge in [0.15, 0.2) is 0 Å². The molecular weight excluding hydrogens is 311 g/mol. The van der Waals surface area contributed by atoms with E-state index in [4.69, 9.17) is 23.2 Å². The molecule has 114 valence electrons. The molecule has 1 N–H and O–H groups in total. The maximum absolute atomic E-state index is 12.2. The Balaban J connectivity index is 2.21. The Labute approximate surface area is 134 Å². The van der Waals surface area contributed by atoms with Gasteiger partial charge in [0.1, 0.15) is 0 Å². The molecule has 2 rings (SSSR count). The van der Waals surface area contributed by atoms with Crippen LogP contribution in [-0.4, -0.2) is 31.3 Å². The summed E-state index contributed by atoms with van der Waals surface area (Å²) in [5, 5.41) is 3.95. The second-order valence-corrected chi connectivity index (χ2v) is 6.12. The molecule has 0 bridgehead atoms. The molecule has 0 aliphatic carbocycles. The van der Waals surface area contributed by atoms with Crippen molar-refractivity contribution in [2.45, 2.75) is 20.3 Å². The van der Waals surface area contributed by atoms with Crippen LogP contribution in [0.1, 0.15) is 30.6 Å². The lowest BCUT2D eigenvalue weighted by Crippen LogP contribution is -2.37. The van der Waals surface area contributed by atoms with E-state index in [1.807, 2.05) is 6.92 Å². The SMILES string of the molecule is CCCNCC(C)CN1C(=O)C(=O)c2c(Cl)ccc(Cl)c21. The summed E-state index contributed by atoms with van der Waals surface area (Å²) in [7, 11) is 0. The molecule has 1 unspecified atom stereocenters. The Bertz CT molecular complexity index is 575. The zero-order valence-corrected chi connectivity index (χ0v) is 13.6. The number of ketones is 1. The van der Waals surface area contributed by atoms with Crippen LogP contribution in [0.3, 0.4) is 0 Å². The molecule has 1 aromatic rings. The van der Waals surface area contributed by atoms with Crippen molar-refractivity contribution in [3.8, 4) is 0 Å². The minimum Gasteiger partial charge on any atom is -0.316 e. The van der Waals surface area contributed by atoms with Gasteiger partial charge in [0, 0.05) is 6.54 Å². The maximum Gasteiger partial charge on any atom is 0.299 e. The third-order valence-electron chi connectivity index (χ3n) is 3.43. The number of amides is 1. The number of hydrogen-bond donors (Lipinski definition) is 1. The lowest BCUT2D eigenvalue weighted by Gasteiger charge is -2.22. The first kappa shape index (κ1) is 16.3. The summed E-state index contributed by atoms with van der Waals surface area (Å²) in [4.78, 5) is 25.7. The highest BCUT2D eigenvalue weighted by atomic mass is 35.5. The summed E-state index contributed by atoms with van der Waals surface area (Å²) in [6.45, 7) is 6.27. The van der Waals surface area contributed by atoms with E-state index in [0.29, 0.717) is 17.3 Å². The number of nitrogens with one attached hydrogen (secondary N) is 1. The number of carbonyl (C=O) groups excluding carboxylic acids is 2. The third-order valence-corrected chi connectivity index (χ3v) is 4.05. The Morgan fingerprint density at radius 3 is 2.57 bits per heavy atom. The van der Waals surface area contributed by atoms with Crippen molar-refractivity contribution < 1.29 is 9.59 Å². The number of nitrogens with zero attached hydrogens (tertiary/aromatic N) is 1. The van der Waals surface area contributed by atoms with Crippen LogP contribution in [0.15, 0.2) is 12.1 Å². The van der Waals surface area contributed by atoms with Gasteiger partial charge in [0.25, 0.3) is 11.7 Å². The summed E-state index contributed by atoms with van der Waals surface area (Å²) in [6, 6.07) is 3.16. The average Bonchev–Trinajstić information content (AvgIpc) is 2.69. The number of benzene rings is 1. The van der Waals surface area contributed by atoms with Crippen LogP contribution in [0.4, 0.5) is 5.69 Å². The molecule has 1 heterocycles. The molecule has 1 aliphatic heterocycles. The smallest absolute Gasteiger partial charge is 0.299 e. The molecule has 6 heteroatoms. The maximum atomic E-state index is 12.2. The van der Waals surface area contributed by atoms with Gasteiger partial charge in [0.05, 0.1) is 21.3 Å². The van der Waals surface area contributed by atoms with Gasteiger partial charge in [-0.15, -0.1) is 0 Å². The molecule has 0 aromatic heterocycles. The fourth-order valence-electron chi connectivity index (χ4n) is 2.43. The molecule has 1 aromatic carbocycles. The van der Waals surface area contributed by atoms with Gasteiger partial charge >= 0.3 is 0 Å². The monoisotopic (exact) mass is 328 g/mol. The second kappa shape index (κ2) is 6.77. The number of carbonyl (C=O) groups is 2. The van der Waals surface area contributed by atoms with Crippen LogP contribution < -0.4 is 10.2 Å². The van der Waals surface area contributed by atoms with E-state index in [-0.39, 0.29) is 16.5 Å². The first-order valence-corrected chi connectivity index (χ1v) is 7.77. The lowest BCUT2D eigenvalue weighted by molar-refractivity contribution is -0.114. The quantitative estimate of drug-likeness (QED) is 0.644. The summed E-state index contributed by atoms with van der Waals surface area (Å²) >= 11 is 12.2. The average molecular weight is 329 g/mol. The van der Waals surface area contributed by atoms with Crippen molar-refractivity contribution in [3.05, 3.63) is 27.7 Å². The van der Waals surface area contributed by atoms with Gasteiger partial charge in [-0.2, -0.15) is 0 Å². The minimum absolute atomic E-state index is 0.203. The van der Waals surface area contributed by atoms with Crippen molar-refractivity contribution in [3.63, 3.8) is 0 Å². The summed E-state index contributed by atoms with van der Waals surface area (Å²) in [5.74, 6) is -0.928. The van der Waals surface area contributed by atoms with E-state index in [2.05, 4.69) is 12.2 Å². The van der Waals surface area contributed by atoms with E-state index in [9.17, 15) is 9.59 Å². The highest BCUT2D eigenvalue weighted by Crippen LogP contribution is 2.40. The number of anilines is 1. The zero-order chi connectivity index (χ0) is 15.6. The normalized spacial score (nSPS) is 15.5. The van der Waals surface area contributed by atoms with Gasteiger partial charge < -0.3 is 10.2 Å². The Morgan fingerprint density at radius 2 is 1.90 bits per heavy atom. The van der Waals surface area contributed by atoms with Crippen LogP contribution in [0.25, 0.3) is 0 Å². The number of hydrogen-bond acceptors (Lipinski definition) is 3. The Hall–Kier alpha value is -1.10. The number of halogens is 2. The van der Waals surface area contributed by atoms with Crippen molar-refractivity contribution in [1.82, 2.24) is 5.32 Å². The molecule has 0 fully saturated rings. The van der Waals surface area contributed by atoms with Gasteiger partial charge in [-0.25, -0.2) is 0 Å². The molecule has 4 nitrogen and oxygen atoms in total. The second-order valence-electron chi connectivity index (χ2n) is 5.31. The molecule has 0 spiro atoms. The largest absolute Gasteiger partial charge is 0.316 e. The third kappa shape index (κ3) is 3.23. The standard InChI is InChI=1S/C15H18Cl2N2O2/c1-3-6-18-7-9(2)8-19-13-11(17)5-4-10(16)12(13)14(20)15(19)21/h4-5,9,18H,3,6-8H2,1-2H3. The van der Waals surface area contributed by atoms with Crippen molar-refractivity contribution in [2.24, 2.45) is 5.92 Å². The van der Waals surface area contributed by atoms with Crippen LogP contribution in [0.2, 0.25) is 10.0 Å². The topological polar surface area (TPSA) is 49.4 Å². The molecule has 0 saturated carbocycles. The fraction of sp³-hybridized carbons (Fsp3) is 0.467. The molecule has 1 aliphatic rings. The summed E-state index contributed by atoms with van der Waals surface area (Å²) in [6.07, 6.45) is 1.05. The summed E-state index contributed by atoms with van der Waals surface area (Å²) < 4.78 is 0. The van der Waals surface area contributed by atoms with Crippen molar-refractivity contribution >= 4 is 40.6 Å². The van der Waals surface area contributed by atoms with Gasteiger partial charge in [-0.3, -0.25) is 9.59 Å². The van der Waals surface area contributed by atoms with Crippen LogP contribution in [-0.2, 0) is 4.79 Å². The number of fused-ring (bicyclic) bond motifs is 1. The van der Waals surface area contributed by atoms with E-state index < -0.39 is 11.7 Å². The number of Topliss-reactive ketones (excluding diaryl/α,β-unsaturated/α-hetero) is 1. The van der Waals surface area contributed by atoms with Crippen LogP contribution in [0.5, 0.6) is 0 Å². The van der Waals surface area contributed by atoms with E-state index in [1.54, 1.807) is 12.1 Å². The molecule has 21 heavy (non-hydrogen) atoms. The van der Waals surface area contributed by atoms with E-state index >= 15 is 0 Å². The van der Waals surface area contributed by atoms with Crippen LogP contribution in [0, 0.1) is 5.92 Å². The molecule has 1 atom stereocenters. The Morgan fingerprint density at radius 1 is 1.24 bits per heavy atom. The predicted molar refractivity (Wildman–Crippen MR) is 85.5 cm³/mol. The molecular formula is C15H18Cl2N2O2. The van der Waals surface area contributed by atoms with Crippen molar-refractivity contribution in [2.75, 3.05) is 24.5 Å². The molecule has 1 amide bonds. The molecule has 0 radical (unpaired) electrons. The lowest BCUT2D eigenvalue weighted by atomic mass is 10.1. The van der Waals surface area contributed by atoms with E-state index in [0.717, 1.165) is 19.5 Å². The van der Waals surface area contributed by atoms with Crippen molar-refractivity contribution in [1.29, 1.82) is 0 Å². The Kier molecular flexibility index (Phi) is 5.25. The summed E-state index contributed by atoms with van der Waals surface area (Å²) in [5.41, 5.74) is 0.671. The molecule has 0 saturated heterocycles. The predicted octanol–water partition coefficient (Wildman–Crippen LogP) is 3.16. The first-order valence-electron chi connectivity index (χ1n) is 7.02. The minimum atomic E-state index is -0.578. The first-order chi connectivity index (χ1) is 9.97. The fourth-order valence-corrected chi connectivity index (χ4v) is 2.93. The van der Waals surface area contributed by atoms with Gasteiger partial charge in [-0.05, 0) is 37.6 Å². The van der Waals surface area contributed by atoms with Gasteiger partial charge in [-0.1, -0.05) is 37.0 Å². The van der Waals surface area contributed by atoms with E-state index in [1.165, 1.54) is 4.90 Å². The zero-order valence-electron chi connectivity index (χ0n) is 12.1. The number of rotatable bonds is 6. The highest BCUT2D eigenvalue weighted by molar-refractivity contribution is 6.56. The van der Waals surface area contributed by atoms with Gasteiger partial charge in [0.2, 0.25) is 0 Å². The highest BCUT2D eigenvalue weighted by Gasteiger charge is 2.39.